The molecule has 2 N–H and O–H groups in total. The summed E-state index contributed by atoms with van der Waals surface area (Å²) in [7, 11) is -20.0. The average molecular weight is 1150 g/mol. The molecular formula is C28H20Cl2Hg2O12S4. The Kier molecular flexibility index (Phi) is 17.5. The largest absolute Gasteiger partial charge is 2.00 e. The molecule has 0 aromatic heterocycles. The molecule has 0 amide bonds. The second-order valence-corrected chi connectivity index (χ2v) is 14.4. The Balaban J connectivity index is 0.00000552. The van der Waals surface area contributed by atoms with E-state index in [0.29, 0.717) is 0 Å². The van der Waals surface area contributed by atoms with Crippen LogP contribution in [0.5, 0.6) is 0 Å². The molecule has 0 saturated heterocycles. The van der Waals surface area contributed by atoms with Gasteiger partial charge in [-0.25, -0.2) is 16.8 Å². The van der Waals surface area contributed by atoms with Crippen LogP contribution >= 0.6 is 24.8 Å². The molecule has 4 aromatic rings. The maximum atomic E-state index is 12.5. The van der Waals surface area contributed by atoms with Crippen molar-refractivity contribution in [1.29, 1.82) is 0 Å². The smallest absolute Gasteiger partial charge is 0.752 e. The van der Waals surface area contributed by atoms with Gasteiger partial charge in [0.15, 0.2) is 0 Å². The molecule has 0 spiro atoms. The van der Waals surface area contributed by atoms with E-state index < -0.39 is 60.1 Å². The Hall–Kier alpha value is -1.55. The predicted molar refractivity (Wildman–Crippen MR) is 168 cm³/mol. The standard InChI is InChI=1S/C28H20O12S4.2ClH.2Hg/c29-41(30,31)25-10-3-1-6-20(25)14-12-19-13-17-23(27(18-19)43(35,36)37)24-9-5-8-22(28(24)44(38,39)40)16-15-21-7-2-4-11-26(21)42(32,33)34;;;;/h1-13,16-18H,(H,29,30,31)(H,32,33,34)(H,35,36,37)(H,38,39,40);2*1H;;/q-2;;;2*+2/p-2. The first-order valence-electron chi connectivity index (χ1n) is 11.9. The van der Waals surface area contributed by atoms with Crippen LogP contribution in [-0.4, -0.2) is 51.9 Å². The molecule has 0 fully saturated rings. The monoisotopic (exact) mass is 1150 g/mol. The van der Waals surface area contributed by atoms with Crippen molar-refractivity contribution in [3.63, 3.8) is 0 Å². The predicted octanol–water partition coefficient (Wildman–Crippen LogP) is 4.22. The van der Waals surface area contributed by atoms with Crippen molar-refractivity contribution in [2.45, 2.75) is 19.6 Å². The zero-order valence-electron chi connectivity index (χ0n) is 24.1. The molecule has 4 rings (SSSR count). The fourth-order valence-corrected chi connectivity index (χ4v) is 7.06. The van der Waals surface area contributed by atoms with Crippen molar-refractivity contribution in [2.75, 3.05) is 0 Å². The maximum Gasteiger partial charge on any atom is 2.00 e. The van der Waals surface area contributed by atoms with Gasteiger partial charge in [0, 0.05) is 5.56 Å². The molecule has 0 atom stereocenters. The van der Waals surface area contributed by atoms with Gasteiger partial charge in [-0.05, 0) is 15.4 Å². The van der Waals surface area contributed by atoms with Crippen LogP contribution in [-0.2, 0) is 95.8 Å². The van der Waals surface area contributed by atoms with Gasteiger partial charge in [0.05, 0.1) is 30.0 Å². The fraction of sp³-hybridized carbons (Fsp3) is 0. The second-order valence-electron chi connectivity index (χ2n) is 8.91. The summed E-state index contributed by atoms with van der Waals surface area (Å²) in [5.74, 6) is 0. The van der Waals surface area contributed by atoms with Crippen LogP contribution in [0.1, 0.15) is 22.3 Å². The van der Waals surface area contributed by atoms with Crippen LogP contribution in [0.25, 0.3) is 23.3 Å². The first-order chi connectivity index (χ1) is 20.4. The van der Waals surface area contributed by atoms with Gasteiger partial charge in [0.2, 0.25) is 0 Å². The van der Waals surface area contributed by atoms with Crippen molar-refractivity contribution < 1.29 is 107 Å². The second kappa shape index (κ2) is 18.1. The van der Waals surface area contributed by atoms with Crippen molar-refractivity contribution in [2.24, 2.45) is 0 Å². The number of halogens is 2. The third kappa shape index (κ3) is 11.5. The Morgan fingerprint density at radius 1 is 0.542 bits per heavy atom. The van der Waals surface area contributed by atoms with E-state index in [-0.39, 0.29) is 114 Å². The molecule has 246 valence electrons. The van der Waals surface area contributed by atoms with Gasteiger partial charge >= 0.3 is 55.3 Å². The molecule has 0 unspecified atom stereocenters. The summed E-state index contributed by atoms with van der Waals surface area (Å²) < 4.78 is 139. The van der Waals surface area contributed by atoms with E-state index in [2.05, 4.69) is 12.2 Å². The maximum absolute atomic E-state index is 12.5. The quantitative estimate of drug-likeness (QED) is 0.104. The van der Waals surface area contributed by atoms with Gasteiger partial charge in [-0.1, -0.05) is 71.8 Å². The van der Waals surface area contributed by atoms with E-state index in [9.17, 15) is 51.9 Å². The minimum atomic E-state index is -5.13. The van der Waals surface area contributed by atoms with Crippen molar-refractivity contribution >= 4 is 77.4 Å². The molecule has 4 aromatic carbocycles. The molecule has 12 nitrogen and oxygen atoms in total. The normalized spacial score (nSPS) is 12.0. The summed E-state index contributed by atoms with van der Waals surface area (Å²) in [6, 6.07) is 16.9. The van der Waals surface area contributed by atoms with Gasteiger partial charge < -0.3 is 9.11 Å². The third-order valence-corrected chi connectivity index (χ3v) is 9.62. The number of hydrogen-bond donors (Lipinski definition) is 2. The molecular weight excluding hydrogens is 1130 g/mol. The Labute approximate surface area is 331 Å². The number of benzene rings is 4. The molecule has 0 radical (unpaired) electrons. The minimum absolute atomic E-state index is 0. The zero-order chi connectivity index (χ0) is 32.5. The Morgan fingerprint density at radius 3 is 1.48 bits per heavy atom. The van der Waals surface area contributed by atoms with Crippen LogP contribution in [0, 0.1) is 12.2 Å². The van der Waals surface area contributed by atoms with E-state index in [1.165, 1.54) is 54.6 Å². The molecule has 0 aliphatic heterocycles. The Morgan fingerprint density at radius 2 is 1.02 bits per heavy atom. The van der Waals surface area contributed by atoms with Gasteiger partial charge in [-0.3, -0.25) is 9.11 Å². The summed E-state index contributed by atoms with van der Waals surface area (Å²) in [6.45, 7) is 0. The third-order valence-electron chi connectivity index (χ3n) is 5.97. The number of rotatable bonds is 9. The SMILES string of the molecule is Cl.Cl.O=S(=O)([O-])c1ccccc1[C-]=Cc1ccc(-c2cccc(C=[C-]c3ccccc3S(=O)(=O)[O-])c2S(=O)(=O)O)c(S(=O)(=O)O)c1.[Hg+2].[Hg+2]. The number of hydrogen-bond acceptors (Lipinski definition) is 10. The van der Waals surface area contributed by atoms with Gasteiger partial charge in [-0.2, -0.15) is 16.8 Å². The summed E-state index contributed by atoms with van der Waals surface area (Å²) in [6.07, 6.45) is 7.17. The Bertz CT molecular complexity index is 2290. The molecule has 0 saturated carbocycles. The van der Waals surface area contributed by atoms with Crippen LogP contribution < -0.4 is 0 Å². The molecule has 0 bridgehead atoms. The van der Waals surface area contributed by atoms with Gasteiger partial charge in [0.25, 0.3) is 20.2 Å². The van der Waals surface area contributed by atoms with Crippen LogP contribution in [0.15, 0.2) is 105 Å². The van der Waals surface area contributed by atoms with E-state index in [0.717, 1.165) is 42.5 Å². The van der Waals surface area contributed by atoms with Gasteiger partial charge in [-0.15, -0.1) is 84.5 Å². The van der Waals surface area contributed by atoms with E-state index in [4.69, 9.17) is 0 Å². The molecule has 0 aliphatic rings. The molecule has 20 heteroatoms. The van der Waals surface area contributed by atoms with Gasteiger partial charge in [0.1, 0.15) is 0 Å². The van der Waals surface area contributed by atoms with Crippen LogP contribution in [0.4, 0.5) is 0 Å². The van der Waals surface area contributed by atoms with Crippen LogP contribution in [0.3, 0.4) is 0 Å². The minimum Gasteiger partial charge on any atom is -0.752 e. The van der Waals surface area contributed by atoms with Crippen LogP contribution in [0.2, 0.25) is 0 Å². The molecule has 48 heavy (non-hydrogen) atoms. The molecule has 0 heterocycles. The van der Waals surface area contributed by atoms with E-state index in [1.54, 1.807) is 0 Å². The van der Waals surface area contributed by atoms with Crippen molar-refractivity contribution in [3.05, 3.63) is 119 Å². The first kappa shape index (κ1) is 46.5. The summed E-state index contributed by atoms with van der Waals surface area (Å²) in [5.41, 5.74) is -1.35. The fourth-order valence-electron chi connectivity index (χ4n) is 4.16. The summed E-state index contributed by atoms with van der Waals surface area (Å²) in [4.78, 5) is -2.87. The summed E-state index contributed by atoms with van der Waals surface area (Å²) in [5, 5.41) is 0. The van der Waals surface area contributed by atoms with E-state index in [1.807, 2.05) is 0 Å². The van der Waals surface area contributed by atoms with E-state index >= 15 is 0 Å². The van der Waals surface area contributed by atoms with Crippen molar-refractivity contribution in [1.82, 2.24) is 0 Å². The zero-order valence-corrected chi connectivity index (χ0v) is 40.0. The van der Waals surface area contributed by atoms with Crippen molar-refractivity contribution in [3.8, 4) is 11.1 Å². The topological polar surface area (TPSA) is 223 Å². The molecule has 0 aliphatic carbocycles. The average Bonchev–Trinajstić information content (AvgIpc) is 2.93. The summed E-state index contributed by atoms with van der Waals surface area (Å²) >= 11 is 0. The first-order valence-corrected chi connectivity index (χ1v) is 17.6.